The highest BCUT2D eigenvalue weighted by Crippen LogP contribution is 2.32. The normalized spacial score (nSPS) is 13.6. The topological polar surface area (TPSA) is 78.7 Å². The summed E-state index contributed by atoms with van der Waals surface area (Å²) in [6.45, 7) is 0.137. The Bertz CT molecular complexity index is 480. The number of benzene rings is 1. The van der Waals surface area contributed by atoms with Crippen molar-refractivity contribution in [1.82, 2.24) is 0 Å². The van der Waals surface area contributed by atoms with E-state index in [9.17, 15) is 14.9 Å². The standard InChI is InChI=1S/C10H7NO5/c12-5-8(11(13)14)3-7-1-2-9-10(4-7)16-6-15-9/h1-5H,6H2/b8-3-. The van der Waals surface area contributed by atoms with Gasteiger partial charge >= 0.3 is 5.70 Å². The molecule has 0 aromatic heterocycles. The molecule has 16 heavy (non-hydrogen) atoms. The van der Waals surface area contributed by atoms with Crippen LogP contribution in [0, 0.1) is 10.1 Å². The van der Waals surface area contributed by atoms with Crippen molar-refractivity contribution in [3.8, 4) is 11.5 Å². The average molecular weight is 221 g/mol. The van der Waals surface area contributed by atoms with Crippen molar-refractivity contribution in [2.45, 2.75) is 0 Å². The molecule has 82 valence electrons. The third-order valence-corrected chi connectivity index (χ3v) is 2.04. The number of carbonyl (C=O) groups is 1. The molecule has 0 saturated heterocycles. The lowest BCUT2D eigenvalue weighted by Gasteiger charge is -1.97. The molecule has 6 heteroatoms. The fourth-order valence-electron chi connectivity index (χ4n) is 1.30. The van der Waals surface area contributed by atoms with E-state index in [1.54, 1.807) is 18.2 Å². The Morgan fingerprint density at radius 3 is 2.81 bits per heavy atom. The van der Waals surface area contributed by atoms with E-state index in [4.69, 9.17) is 9.47 Å². The molecule has 2 rings (SSSR count). The molecule has 0 bridgehead atoms. The number of fused-ring (bicyclic) bond motifs is 1. The van der Waals surface area contributed by atoms with E-state index in [1.165, 1.54) is 6.08 Å². The lowest BCUT2D eigenvalue weighted by molar-refractivity contribution is -0.415. The summed E-state index contributed by atoms with van der Waals surface area (Å²) >= 11 is 0. The maximum absolute atomic E-state index is 10.4. The lowest BCUT2D eigenvalue weighted by Crippen LogP contribution is -1.99. The second kappa shape index (κ2) is 4.01. The fourth-order valence-corrected chi connectivity index (χ4v) is 1.30. The highest BCUT2D eigenvalue weighted by molar-refractivity contribution is 5.78. The van der Waals surface area contributed by atoms with E-state index in [0.717, 1.165) is 0 Å². The zero-order valence-corrected chi connectivity index (χ0v) is 8.08. The van der Waals surface area contributed by atoms with Gasteiger partial charge in [-0.1, -0.05) is 6.07 Å². The Hall–Kier alpha value is -2.37. The minimum atomic E-state index is -0.739. The third kappa shape index (κ3) is 1.85. The Balaban J connectivity index is 2.35. The molecule has 0 fully saturated rings. The molecular formula is C10H7NO5. The first-order chi connectivity index (χ1) is 7.70. The van der Waals surface area contributed by atoms with Crippen molar-refractivity contribution in [2.24, 2.45) is 0 Å². The van der Waals surface area contributed by atoms with Crippen molar-refractivity contribution in [1.29, 1.82) is 0 Å². The van der Waals surface area contributed by atoms with Crippen LogP contribution in [0.15, 0.2) is 23.9 Å². The molecule has 1 aromatic carbocycles. The van der Waals surface area contributed by atoms with Gasteiger partial charge in [0.1, 0.15) is 0 Å². The Morgan fingerprint density at radius 1 is 1.38 bits per heavy atom. The maximum Gasteiger partial charge on any atom is 0.309 e. The summed E-state index contributed by atoms with van der Waals surface area (Å²) in [5.74, 6) is 1.10. The van der Waals surface area contributed by atoms with Gasteiger partial charge < -0.3 is 9.47 Å². The van der Waals surface area contributed by atoms with Crippen LogP contribution in [0.5, 0.6) is 11.5 Å². The summed E-state index contributed by atoms with van der Waals surface area (Å²) in [5.41, 5.74) is 0.0157. The predicted molar refractivity (Wildman–Crippen MR) is 53.6 cm³/mol. The third-order valence-electron chi connectivity index (χ3n) is 2.04. The molecular weight excluding hydrogens is 214 g/mol. The zero-order valence-electron chi connectivity index (χ0n) is 8.08. The molecule has 0 unspecified atom stereocenters. The van der Waals surface area contributed by atoms with Gasteiger partial charge in [0.15, 0.2) is 11.5 Å². The van der Waals surface area contributed by atoms with Crippen LogP contribution in [0.4, 0.5) is 0 Å². The smallest absolute Gasteiger partial charge is 0.309 e. The first-order valence-electron chi connectivity index (χ1n) is 4.41. The van der Waals surface area contributed by atoms with Gasteiger partial charge in [-0.2, -0.15) is 0 Å². The second-order valence-electron chi connectivity index (χ2n) is 3.06. The number of aldehydes is 1. The molecule has 1 aliphatic rings. The van der Waals surface area contributed by atoms with Crippen LogP contribution in [-0.2, 0) is 4.79 Å². The molecule has 6 nitrogen and oxygen atoms in total. The number of allylic oxidation sites excluding steroid dienone is 1. The second-order valence-corrected chi connectivity index (χ2v) is 3.06. The summed E-state index contributed by atoms with van der Waals surface area (Å²) in [7, 11) is 0. The van der Waals surface area contributed by atoms with E-state index in [1.807, 2.05) is 0 Å². The van der Waals surface area contributed by atoms with Gasteiger partial charge in [-0.25, -0.2) is 0 Å². The number of hydrogen-bond donors (Lipinski definition) is 0. The first kappa shape index (κ1) is 10.2. The lowest BCUT2D eigenvalue weighted by atomic mass is 10.2. The molecule has 0 N–H and O–H groups in total. The largest absolute Gasteiger partial charge is 0.454 e. The van der Waals surface area contributed by atoms with Gasteiger partial charge in [-0.15, -0.1) is 0 Å². The van der Waals surface area contributed by atoms with Gasteiger partial charge in [0.25, 0.3) is 0 Å². The Kier molecular flexibility index (Phi) is 2.55. The zero-order chi connectivity index (χ0) is 11.5. The van der Waals surface area contributed by atoms with Gasteiger partial charge in [0.2, 0.25) is 13.1 Å². The number of carbonyl (C=O) groups excluding carboxylic acids is 1. The fraction of sp³-hybridized carbons (Fsp3) is 0.100. The van der Waals surface area contributed by atoms with Crippen LogP contribution < -0.4 is 9.47 Å². The molecule has 0 amide bonds. The van der Waals surface area contributed by atoms with Crippen LogP contribution >= 0.6 is 0 Å². The van der Waals surface area contributed by atoms with Gasteiger partial charge in [0.05, 0.1) is 4.92 Å². The van der Waals surface area contributed by atoms with E-state index in [0.29, 0.717) is 17.1 Å². The van der Waals surface area contributed by atoms with Gasteiger partial charge in [-0.3, -0.25) is 14.9 Å². The summed E-state index contributed by atoms with van der Waals surface area (Å²) in [6.07, 6.45) is 1.37. The van der Waals surface area contributed by atoms with Crippen LogP contribution in [0.25, 0.3) is 6.08 Å². The molecule has 0 spiro atoms. The van der Waals surface area contributed by atoms with Gasteiger partial charge in [0, 0.05) is 6.08 Å². The van der Waals surface area contributed by atoms with Crippen molar-refractivity contribution >= 4 is 12.4 Å². The monoisotopic (exact) mass is 221 g/mol. The SMILES string of the molecule is O=C/C(=C/c1ccc2c(c1)OCO2)[N+](=O)[O-]. The minimum Gasteiger partial charge on any atom is -0.454 e. The summed E-state index contributed by atoms with van der Waals surface area (Å²) in [5, 5.41) is 10.4. The highest BCUT2D eigenvalue weighted by atomic mass is 16.7. The van der Waals surface area contributed by atoms with Crippen LogP contribution in [0.2, 0.25) is 0 Å². The van der Waals surface area contributed by atoms with E-state index in [2.05, 4.69) is 0 Å². The molecule has 0 radical (unpaired) electrons. The average Bonchev–Trinajstić information content (AvgIpc) is 2.72. The molecule has 0 aliphatic carbocycles. The molecule has 1 heterocycles. The van der Waals surface area contributed by atoms with Crippen molar-refractivity contribution < 1.29 is 19.2 Å². The number of nitrogens with zero attached hydrogens (tertiary/aromatic N) is 1. The Labute approximate surface area is 90.2 Å². The summed E-state index contributed by atoms with van der Waals surface area (Å²) < 4.78 is 10.2. The molecule has 1 aromatic rings. The van der Waals surface area contributed by atoms with E-state index >= 15 is 0 Å². The van der Waals surface area contributed by atoms with Gasteiger partial charge in [-0.05, 0) is 17.7 Å². The quantitative estimate of drug-likeness (QED) is 0.332. The van der Waals surface area contributed by atoms with Crippen LogP contribution in [0.1, 0.15) is 5.56 Å². The number of nitro groups is 1. The highest BCUT2D eigenvalue weighted by Gasteiger charge is 2.14. The van der Waals surface area contributed by atoms with Crippen LogP contribution in [0.3, 0.4) is 0 Å². The predicted octanol–water partition coefficient (Wildman–Crippen LogP) is 1.23. The number of ether oxygens (including phenoxy) is 2. The van der Waals surface area contributed by atoms with Crippen LogP contribution in [-0.4, -0.2) is 18.0 Å². The maximum atomic E-state index is 10.4. The summed E-state index contributed by atoms with van der Waals surface area (Å²) in [4.78, 5) is 20.1. The first-order valence-corrected chi connectivity index (χ1v) is 4.41. The Morgan fingerprint density at radius 2 is 2.12 bits per heavy atom. The van der Waals surface area contributed by atoms with Crippen molar-refractivity contribution in [2.75, 3.05) is 6.79 Å². The van der Waals surface area contributed by atoms with Crippen molar-refractivity contribution in [3.05, 3.63) is 39.6 Å². The summed E-state index contributed by atoms with van der Waals surface area (Å²) in [6, 6.07) is 4.83. The minimum absolute atomic E-state index is 0.137. The van der Waals surface area contributed by atoms with E-state index in [-0.39, 0.29) is 13.1 Å². The van der Waals surface area contributed by atoms with E-state index < -0.39 is 10.6 Å². The number of rotatable bonds is 3. The number of hydrogen-bond acceptors (Lipinski definition) is 5. The molecule has 0 saturated carbocycles. The molecule has 1 aliphatic heterocycles. The molecule has 0 atom stereocenters. The van der Waals surface area contributed by atoms with Crippen molar-refractivity contribution in [3.63, 3.8) is 0 Å².